The Morgan fingerprint density at radius 2 is 2.24 bits per heavy atom. The minimum Gasteiger partial charge on any atom is -0.360 e. The van der Waals surface area contributed by atoms with Crippen molar-refractivity contribution in [2.24, 2.45) is 0 Å². The van der Waals surface area contributed by atoms with Crippen LogP contribution in [0.5, 0.6) is 0 Å². The molecule has 0 saturated carbocycles. The highest BCUT2D eigenvalue weighted by Gasteiger charge is 2.35. The van der Waals surface area contributed by atoms with Gasteiger partial charge in [0.1, 0.15) is 5.52 Å². The summed E-state index contributed by atoms with van der Waals surface area (Å²) in [7, 11) is 0. The molecule has 2 aromatic rings. The number of nitrogens with zero attached hydrogens (tertiary/aromatic N) is 5. The van der Waals surface area contributed by atoms with Gasteiger partial charge >= 0.3 is 6.18 Å². The summed E-state index contributed by atoms with van der Waals surface area (Å²) < 4.78 is 44.6. The number of aromatic nitrogens is 3. The number of rotatable bonds is 1. The lowest BCUT2D eigenvalue weighted by Crippen LogP contribution is -2.42. The Labute approximate surface area is 117 Å². The summed E-state index contributed by atoms with van der Waals surface area (Å²) in [5, 5.41) is 12.4. The van der Waals surface area contributed by atoms with Gasteiger partial charge in [-0.25, -0.2) is 9.50 Å². The average Bonchev–Trinajstić information content (AvgIpc) is 2.91. The Morgan fingerprint density at radius 1 is 1.43 bits per heavy atom. The van der Waals surface area contributed by atoms with Gasteiger partial charge in [-0.15, -0.1) is 0 Å². The zero-order valence-corrected chi connectivity index (χ0v) is 10.7. The van der Waals surface area contributed by atoms with Crippen LogP contribution in [-0.4, -0.2) is 40.4 Å². The number of morpholine rings is 1. The molecule has 0 amide bonds. The Balaban J connectivity index is 2.03. The predicted molar refractivity (Wildman–Crippen MR) is 65.6 cm³/mol. The smallest absolute Gasteiger partial charge is 0.360 e. The SMILES string of the molecule is N#CC1CN(c2nccn3nc(C(F)(F)F)cc23)CCO1. The van der Waals surface area contributed by atoms with Gasteiger partial charge in [-0.3, -0.25) is 0 Å². The molecule has 2 aromatic heterocycles. The van der Waals surface area contributed by atoms with Gasteiger partial charge in [0, 0.05) is 25.0 Å². The van der Waals surface area contributed by atoms with Crippen LogP contribution >= 0.6 is 0 Å². The molecule has 0 spiro atoms. The molecule has 1 unspecified atom stereocenters. The highest BCUT2D eigenvalue weighted by atomic mass is 19.4. The van der Waals surface area contributed by atoms with Crippen molar-refractivity contribution >= 4 is 11.3 Å². The number of anilines is 1. The van der Waals surface area contributed by atoms with Crippen molar-refractivity contribution in [1.29, 1.82) is 5.26 Å². The largest absolute Gasteiger partial charge is 0.435 e. The first kappa shape index (κ1) is 13.6. The highest BCUT2D eigenvalue weighted by molar-refractivity contribution is 5.69. The first-order chi connectivity index (χ1) is 9.99. The quantitative estimate of drug-likeness (QED) is 0.797. The molecule has 1 fully saturated rings. The first-order valence-electron chi connectivity index (χ1n) is 6.17. The molecule has 0 N–H and O–H groups in total. The van der Waals surface area contributed by atoms with E-state index in [4.69, 9.17) is 10.00 Å². The van der Waals surface area contributed by atoms with Gasteiger partial charge in [-0.05, 0) is 0 Å². The van der Waals surface area contributed by atoms with Crippen molar-refractivity contribution < 1.29 is 17.9 Å². The minimum atomic E-state index is -4.51. The fourth-order valence-corrected chi connectivity index (χ4v) is 2.21. The maximum atomic E-state index is 12.7. The molecule has 0 radical (unpaired) electrons. The van der Waals surface area contributed by atoms with Crippen LogP contribution < -0.4 is 4.90 Å². The van der Waals surface area contributed by atoms with Crippen LogP contribution in [0.4, 0.5) is 19.0 Å². The molecule has 3 heterocycles. The topological polar surface area (TPSA) is 66.5 Å². The zero-order valence-electron chi connectivity index (χ0n) is 10.7. The van der Waals surface area contributed by atoms with E-state index in [1.807, 2.05) is 6.07 Å². The molecule has 1 atom stereocenters. The van der Waals surface area contributed by atoms with Crippen LogP contribution in [0.3, 0.4) is 0 Å². The van der Waals surface area contributed by atoms with E-state index in [-0.39, 0.29) is 12.1 Å². The van der Waals surface area contributed by atoms with Gasteiger partial charge in [-0.2, -0.15) is 23.5 Å². The van der Waals surface area contributed by atoms with Crippen LogP contribution in [0.15, 0.2) is 18.5 Å². The molecule has 21 heavy (non-hydrogen) atoms. The number of halogens is 3. The summed E-state index contributed by atoms with van der Waals surface area (Å²) in [6.45, 7) is 1.04. The standard InChI is InChI=1S/C12H10F3N5O/c13-12(14,15)10-5-9-11(17-1-2-20(9)18-10)19-3-4-21-8(6-16)7-19/h1-2,5,8H,3-4,7H2. The monoisotopic (exact) mass is 297 g/mol. The van der Waals surface area contributed by atoms with E-state index in [1.54, 1.807) is 4.90 Å². The number of alkyl halides is 3. The Bertz CT molecular complexity index is 705. The summed E-state index contributed by atoms with van der Waals surface area (Å²) in [6.07, 6.45) is -2.39. The molecule has 110 valence electrons. The lowest BCUT2D eigenvalue weighted by molar-refractivity contribution is -0.141. The van der Waals surface area contributed by atoms with E-state index < -0.39 is 18.0 Å². The van der Waals surface area contributed by atoms with E-state index in [0.717, 1.165) is 10.6 Å². The number of ether oxygens (including phenoxy) is 1. The highest BCUT2D eigenvalue weighted by Crippen LogP contribution is 2.31. The second-order valence-corrected chi connectivity index (χ2v) is 4.54. The van der Waals surface area contributed by atoms with Crippen LogP contribution in [0.2, 0.25) is 0 Å². The van der Waals surface area contributed by atoms with E-state index >= 15 is 0 Å². The molecule has 0 aromatic carbocycles. The molecule has 1 saturated heterocycles. The number of nitriles is 1. The molecule has 0 aliphatic carbocycles. The maximum Gasteiger partial charge on any atom is 0.435 e. The number of hydrogen-bond acceptors (Lipinski definition) is 5. The van der Waals surface area contributed by atoms with E-state index in [9.17, 15) is 13.2 Å². The zero-order chi connectivity index (χ0) is 15.0. The molecule has 0 bridgehead atoms. The summed E-state index contributed by atoms with van der Waals surface area (Å²) in [5.74, 6) is 0.365. The second kappa shape index (κ2) is 4.89. The first-order valence-corrected chi connectivity index (χ1v) is 6.17. The predicted octanol–water partition coefficient (Wildman–Crippen LogP) is 1.48. The lowest BCUT2D eigenvalue weighted by Gasteiger charge is -2.30. The van der Waals surface area contributed by atoms with Gasteiger partial charge in [0.2, 0.25) is 0 Å². The number of hydrogen-bond donors (Lipinski definition) is 0. The third kappa shape index (κ3) is 2.50. The summed E-state index contributed by atoms with van der Waals surface area (Å²) in [4.78, 5) is 5.86. The maximum absolute atomic E-state index is 12.7. The Morgan fingerprint density at radius 3 is 2.95 bits per heavy atom. The Kier molecular flexibility index (Phi) is 3.17. The molecule has 9 heteroatoms. The Hall–Kier alpha value is -2.34. The van der Waals surface area contributed by atoms with Crippen LogP contribution in [0, 0.1) is 11.3 Å². The summed E-state index contributed by atoms with van der Waals surface area (Å²) in [6, 6.07) is 2.94. The van der Waals surface area contributed by atoms with Crippen LogP contribution in [0.25, 0.3) is 5.52 Å². The molecular weight excluding hydrogens is 287 g/mol. The van der Waals surface area contributed by atoms with Crippen molar-refractivity contribution in [3.05, 3.63) is 24.2 Å². The summed E-state index contributed by atoms with van der Waals surface area (Å²) in [5.41, 5.74) is -0.717. The minimum absolute atomic E-state index is 0.253. The molecule has 3 rings (SSSR count). The summed E-state index contributed by atoms with van der Waals surface area (Å²) >= 11 is 0. The van der Waals surface area contributed by atoms with Gasteiger partial charge < -0.3 is 9.64 Å². The van der Waals surface area contributed by atoms with Crippen molar-refractivity contribution in [2.45, 2.75) is 12.3 Å². The van der Waals surface area contributed by atoms with Gasteiger partial charge in [-0.1, -0.05) is 0 Å². The average molecular weight is 297 g/mol. The van der Waals surface area contributed by atoms with E-state index in [1.165, 1.54) is 12.4 Å². The molecule has 1 aliphatic rings. The van der Waals surface area contributed by atoms with Crippen LogP contribution in [-0.2, 0) is 10.9 Å². The third-order valence-electron chi connectivity index (χ3n) is 3.17. The van der Waals surface area contributed by atoms with Crippen molar-refractivity contribution in [3.63, 3.8) is 0 Å². The van der Waals surface area contributed by atoms with E-state index in [2.05, 4.69) is 10.1 Å². The number of fused-ring (bicyclic) bond motifs is 1. The third-order valence-corrected chi connectivity index (χ3v) is 3.17. The molecule has 1 aliphatic heterocycles. The second-order valence-electron chi connectivity index (χ2n) is 4.54. The fraction of sp³-hybridized carbons (Fsp3) is 0.417. The van der Waals surface area contributed by atoms with Crippen molar-refractivity contribution in [3.8, 4) is 6.07 Å². The van der Waals surface area contributed by atoms with Crippen molar-refractivity contribution in [1.82, 2.24) is 14.6 Å². The van der Waals surface area contributed by atoms with Crippen molar-refractivity contribution in [2.75, 3.05) is 24.6 Å². The molecular formula is C12H10F3N5O. The van der Waals surface area contributed by atoms with Crippen LogP contribution in [0.1, 0.15) is 5.69 Å². The van der Waals surface area contributed by atoms with E-state index in [0.29, 0.717) is 19.0 Å². The fourth-order valence-electron chi connectivity index (χ4n) is 2.21. The van der Waals surface area contributed by atoms with Gasteiger partial charge in [0.15, 0.2) is 17.6 Å². The van der Waals surface area contributed by atoms with Gasteiger partial charge in [0.05, 0.1) is 19.2 Å². The molecule has 6 nitrogen and oxygen atoms in total. The van der Waals surface area contributed by atoms with Gasteiger partial charge in [0.25, 0.3) is 0 Å². The normalized spacial score (nSPS) is 19.7. The lowest BCUT2D eigenvalue weighted by atomic mass is 10.2.